The zero-order chi connectivity index (χ0) is 19.6. The lowest BCUT2D eigenvalue weighted by Gasteiger charge is -2.35. The van der Waals surface area contributed by atoms with Gasteiger partial charge in [-0.05, 0) is 18.4 Å². The number of rotatable bonds is 8. The first kappa shape index (κ1) is 20.7. The van der Waals surface area contributed by atoms with Crippen molar-refractivity contribution < 1.29 is 24.2 Å². The van der Waals surface area contributed by atoms with Crippen molar-refractivity contribution in [3.8, 4) is 0 Å². The van der Waals surface area contributed by atoms with E-state index in [0.29, 0.717) is 39.0 Å². The number of carboxylic acid groups (broad SMARTS) is 1. The van der Waals surface area contributed by atoms with Crippen molar-refractivity contribution in [1.29, 1.82) is 0 Å². The molecule has 1 aliphatic heterocycles. The van der Waals surface area contributed by atoms with Crippen LogP contribution < -0.4 is 5.32 Å². The first-order chi connectivity index (χ1) is 13.0. The van der Waals surface area contributed by atoms with Gasteiger partial charge >= 0.3 is 12.0 Å². The summed E-state index contributed by atoms with van der Waals surface area (Å²) in [4.78, 5) is 38.7. The summed E-state index contributed by atoms with van der Waals surface area (Å²) in [5.41, 5.74) is 1.04. The summed E-state index contributed by atoms with van der Waals surface area (Å²) >= 11 is 0. The molecular formula is C19H27N3O5. The summed E-state index contributed by atoms with van der Waals surface area (Å²) in [5.74, 6) is -0.964. The minimum absolute atomic E-state index is 0.00290. The highest BCUT2D eigenvalue weighted by Crippen LogP contribution is 2.10. The smallest absolute Gasteiger partial charge is 0.317 e. The van der Waals surface area contributed by atoms with Gasteiger partial charge in [-0.3, -0.25) is 9.59 Å². The van der Waals surface area contributed by atoms with Crippen molar-refractivity contribution >= 4 is 17.9 Å². The van der Waals surface area contributed by atoms with E-state index in [-0.39, 0.29) is 31.0 Å². The summed E-state index contributed by atoms with van der Waals surface area (Å²) < 4.78 is 4.85. The Morgan fingerprint density at radius 2 is 1.74 bits per heavy atom. The van der Waals surface area contributed by atoms with Gasteiger partial charge in [-0.1, -0.05) is 30.3 Å². The highest BCUT2D eigenvalue weighted by Gasteiger charge is 2.25. The van der Waals surface area contributed by atoms with E-state index in [2.05, 4.69) is 5.32 Å². The van der Waals surface area contributed by atoms with Gasteiger partial charge in [0.15, 0.2) is 0 Å². The van der Waals surface area contributed by atoms with Crippen LogP contribution >= 0.6 is 0 Å². The lowest BCUT2D eigenvalue weighted by atomic mass is 10.0. The molecule has 8 heteroatoms. The number of carboxylic acids is 1. The zero-order valence-electron chi connectivity index (χ0n) is 15.6. The van der Waals surface area contributed by atoms with Crippen LogP contribution in [0.2, 0.25) is 0 Å². The number of nitrogens with one attached hydrogen (secondary N) is 1. The second-order valence-electron chi connectivity index (χ2n) is 6.57. The number of ether oxygens (including phenoxy) is 1. The standard InChI is InChI=1S/C19H27N3O5/c1-27-14-17(23)21-9-11-22(12-10-21)19(26)20-16(7-8-18(24)25)13-15-5-3-2-4-6-15/h2-6,16H,7-14H2,1H3,(H,20,26)(H,24,25). The number of piperazine rings is 1. The molecule has 1 unspecified atom stereocenters. The Hall–Kier alpha value is -2.61. The van der Waals surface area contributed by atoms with Gasteiger partial charge in [-0.2, -0.15) is 0 Å². The zero-order valence-corrected chi connectivity index (χ0v) is 15.6. The van der Waals surface area contributed by atoms with E-state index in [0.717, 1.165) is 5.56 Å². The van der Waals surface area contributed by atoms with Crippen LogP contribution in [0.25, 0.3) is 0 Å². The molecule has 27 heavy (non-hydrogen) atoms. The number of carbonyl (C=O) groups is 3. The Labute approximate surface area is 159 Å². The van der Waals surface area contributed by atoms with E-state index in [1.807, 2.05) is 30.3 Å². The SMILES string of the molecule is COCC(=O)N1CCN(C(=O)NC(CCC(=O)O)Cc2ccccc2)CC1. The molecule has 1 heterocycles. The second kappa shape index (κ2) is 10.5. The van der Waals surface area contributed by atoms with Gasteiger partial charge in [0.05, 0.1) is 0 Å². The fourth-order valence-electron chi connectivity index (χ4n) is 3.06. The predicted molar refractivity (Wildman–Crippen MR) is 99.4 cm³/mol. The summed E-state index contributed by atoms with van der Waals surface area (Å²) in [6, 6.07) is 9.19. The minimum atomic E-state index is -0.882. The maximum Gasteiger partial charge on any atom is 0.317 e. The van der Waals surface area contributed by atoms with Gasteiger partial charge in [0.1, 0.15) is 6.61 Å². The highest BCUT2D eigenvalue weighted by atomic mass is 16.5. The minimum Gasteiger partial charge on any atom is -0.481 e. The van der Waals surface area contributed by atoms with E-state index in [4.69, 9.17) is 9.84 Å². The number of hydrogen-bond acceptors (Lipinski definition) is 4. The molecule has 0 aliphatic carbocycles. The Morgan fingerprint density at radius 3 is 2.33 bits per heavy atom. The molecule has 0 aromatic heterocycles. The van der Waals surface area contributed by atoms with Gasteiger partial charge in [0, 0.05) is 45.8 Å². The van der Waals surface area contributed by atoms with Gasteiger partial charge in [-0.25, -0.2) is 4.79 Å². The number of nitrogens with zero attached hydrogens (tertiary/aromatic N) is 2. The molecule has 148 valence electrons. The Kier molecular flexibility index (Phi) is 8.06. The van der Waals surface area contributed by atoms with E-state index in [9.17, 15) is 14.4 Å². The Bertz CT molecular complexity index is 629. The maximum absolute atomic E-state index is 12.6. The van der Waals surface area contributed by atoms with E-state index in [1.54, 1.807) is 9.80 Å². The van der Waals surface area contributed by atoms with E-state index >= 15 is 0 Å². The van der Waals surface area contributed by atoms with Crippen molar-refractivity contribution in [2.24, 2.45) is 0 Å². The number of benzene rings is 1. The van der Waals surface area contributed by atoms with Crippen LogP contribution in [-0.2, 0) is 20.7 Å². The van der Waals surface area contributed by atoms with Crippen molar-refractivity contribution in [2.45, 2.75) is 25.3 Å². The fourth-order valence-corrected chi connectivity index (χ4v) is 3.06. The molecule has 1 aromatic carbocycles. The number of carbonyl (C=O) groups excluding carboxylic acids is 2. The highest BCUT2D eigenvalue weighted by molar-refractivity contribution is 5.78. The fraction of sp³-hybridized carbons (Fsp3) is 0.526. The average Bonchev–Trinajstić information content (AvgIpc) is 2.67. The normalized spacial score (nSPS) is 15.3. The van der Waals surface area contributed by atoms with Crippen LogP contribution in [0.3, 0.4) is 0 Å². The van der Waals surface area contributed by atoms with E-state index in [1.165, 1.54) is 7.11 Å². The molecule has 0 saturated carbocycles. The summed E-state index contributed by atoms with van der Waals surface area (Å²) in [6.45, 7) is 1.86. The monoisotopic (exact) mass is 377 g/mol. The first-order valence-electron chi connectivity index (χ1n) is 9.07. The number of amides is 3. The van der Waals surface area contributed by atoms with Crippen molar-refractivity contribution in [1.82, 2.24) is 15.1 Å². The van der Waals surface area contributed by atoms with Gasteiger partial charge in [0.2, 0.25) is 5.91 Å². The van der Waals surface area contributed by atoms with Crippen LogP contribution in [-0.4, -0.2) is 78.8 Å². The molecule has 0 bridgehead atoms. The molecule has 8 nitrogen and oxygen atoms in total. The lowest BCUT2D eigenvalue weighted by molar-refractivity contribution is -0.137. The van der Waals surface area contributed by atoms with Crippen molar-refractivity contribution in [3.05, 3.63) is 35.9 Å². The summed E-state index contributed by atoms with van der Waals surface area (Å²) in [7, 11) is 1.48. The first-order valence-corrected chi connectivity index (χ1v) is 9.07. The molecule has 1 aromatic rings. The number of aliphatic carboxylic acids is 1. The van der Waals surface area contributed by atoms with Crippen LogP contribution in [0.5, 0.6) is 0 Å². The topological polar surface area (TPSA) is 99.2 Å². The number of methoxy groups -OCH3 is 1. The van der Waals surface area contributed by atoms with E-state index < -0.39 is 5.97 Å². The molecule has 1 saturated heterocycles. The molecule has 2 rings (SSSR count). The van der Waals surface area contributed by atoms with Gasteiger partial charge in [0.25, 0.3) is 0 Å². The predicted octanol–water partition coefficient (Wildman–Crippen LogP) is 0.963. The molecule has 0 radical (unpaired) electrons. The Morgan fingerprint density at radius 1 is 1.11 bits per heavy atom. The molecule has 2 N–H and O–H groups in total. The third kappa shape index (κ3) is 6.90. The molecule has 1 fully saturated rings. The van der Waals surface area contributed by atoms with Gasteiger partial charge < -0.3 is 25.0 Å². The van der Waals surface area contributed by atoms with Crippen LogP contribution in [0.15, 0.2) is 30.3 Å². The average molecular weight is 377 g/mol. The quantitative estimate of drug-likeness (QED) is 0.703. The lowest BCUT2D eigenvalue weighted by Crippen LogP contribution is -2.55. The van der Waals surface area contributed by atoms with Gasteiger partial charge in [-0.15, -0.1) is 0 Å². The van der Waals surface area contributed by atoms with Crippen molar-refractivity contribution in [2.75, 3.05) is 39.9 Å². The molecular weight excluding hydrogens is 350 g/mol. The summed E-state index contributed by atoms with van der Waals surface area (Å²) in [5, 5.41) is 11.9. The maximum atomic E-state index is 12.6. The largest absolute Gasteiger partial charge is 0.481 e. The van der Waals surface area contributed by atoms with Crippen LogP contribution in [0, 0.1) is 0 Å². The third-order valence-electron chi connectivity index (χ3n) is 4.55. The molecule has 1 atom stereocenters. The van der Waals surface area contributed by atoms with Crippen molar-refractivity contribution in [3.63, 3.8) is 0 Å². The molecule has 1 aliphatic rings. The Balaban J connectivity index is 1.89. The van der Waals surface area contributed by atoms with Crippen LogP contribution in [0.1, 0.15) is 18.4 Å². The van der Waals surface area contributed by atoms with Crippen LogP contribution in [0.4, 0.5) is 4.79 Å². The third-order valence-corrected chi connectivity index (χ3v) is 4.55. The molecule has 3 amide bonds. The molecule has 0 spiro atoms. The second-order valence-corrected chi connectivity index (χ2v) is 6.57. The summed E-state index contributed by atoms with van der Waals surface area (Å²) in [6.07, 6.45) is 0.936. The number of hydrogen-bond donors (Lipinski definition) is 2. The number of urea groups is 1.